The Morgan fingerprint density at radius 3 is 1.96 bits per heavy atom. The Hall–Kier alpha value is -3.00. The Bertz CT molecular complexity index is 961. The number of benzene rings is 2. The number of fused-ring (bicyclic) bond motifs is 1. The molecule has 0 spiro atoms. The maximum Gasteiger partial charge on any atom is 0.0273 e. The number of rotatable bonds is 2. The van der Waals surface area contributed by atoms with E-state index >= 15 is 0 Å². The molecule has 2 nitrogen and oxygen atoms in total. The summed E-state index contributed by atoms with van der Waals surface area (Å²) in [7, 11) is 0. The van der Waals surface area contributed by atoms with Crippen LogP contribution in [0.5, 0.6) is 0 Å². The van der Waals surface area contributed by atoms with Crippen LogP contribution in [0.3, 0.4) is 0 Å². The fraction of sp³-hybridized carbons (Fsp3) is 0.0476. The van der Waals surface area contributed by atoms with E-state index in [1.807, 2.05) is 24.8 Å². The highest BCUT2D eigenvalue weighted by Gasteiger charge is 2.10. The lowest BCUT2D eigenvalue weighted by Gasteiger charge is -2.13. The van der Waals surface area contributed by atoms with Crippen LogP contribution in [0.4, 0.5) is 0 Å². The predicted molar refractivity (Wildman–Crippen MR) is 95.1 cm³/mol. The molecule has 0 radical (unpaired) electrons. The van der Waals surface area contributed by atoms with Crippen molar-refractivity contribution in [2.75, 3.05) is 0 Å². The first kappa shape index (κ1) is 13.6. The molecule has 2 heterocycles. The molecular weight excluding hydrogens is 280 g/mol. The Morgan fingerprint density at radius 2 is 1.26 bits per heavy atom. The highest BCUT2D eigenvalue weighted by molar-refractivity contribution is 6.05. The minimum atomic E-state index is 1.19. The van der Waals surface area contributed by atoms with Crippen molar-refractivity contribution in [3.8, 4) is 22.3 Å². The Labute approximate surface area is 135 Å². The van der Waals surface area contributed by atoms with Gasteiger partial charge in [-0.2, -0.15) is 0 Å². The number of nitrogens with zero attached hydrogens (tertiary/aromatic N) is 2. The summed E-state index contributed by atoms with van der Waals surface area (Å²) in [5.41, 5.74) is 6.18. The summed E-state index contributed by atoms with van der Waals surface area (Å²) in [6.45, 7) is 2.16. The van der Waals surface area contributed by atoms with Crippen molar-refractivity contribution < 1.29 is 0 Å². The number of pyridine rings is 2. The molecule has 2 heteroatoms. The lowest BCUT2D eigenvalue weighted by molar-refractivity contribution is 1.33. The van der Waals surface area contributed by atoms with Crippen molar-refractivity contribution >= 4 is 10.8 Å². The van der Waals surface area contributed by atoms with Gasteiger partial charge in [-0.3, -0.25) is 9.97 Å². The van der Waals surface area contributed by atoms with Gasteiger partial charge in [0.1, 0.15) is 0 Å². The van der Waals surface area contributed by atoms with E-state index in [0.29, 0.717) is 0 Å². The maximum atomic E-state index is 4.14. The second-order valence-corrected chi connectivity index (χ2v) is 5.63. The zero-order valence-electron chi connectivity index (χ0n) is 12.9. The summed E-state index contributed by atoms with van der Waals surface area (Å²) in [5.74, 6) is 0. The van der Waals surface area contributed by atoms with Crippen LogP contribution in [-0.2, 0) is 0 Å². The second kappa shape index (κ2) is 5.65. The molecule has 0 saturated heterocycles. The van der Waals surface area contributed by atoms with Gasteiger partial charge in [0.25, 0.3) is 0 Å². The van der Waals surface area contributed by atoms with Gasteiger partial charge in [-0.05, 0) is 69.8 Å². The molecule has 0 aliphatic heterocycles. The van der Waals surface area contributed by atoms with E-state index in [2.05, 4.69) is 71.5 Å². The predicted octanol–water partition coefficient (Wildman–Crippen LogP) is 5.27. The molecule has 4 aromatic rings. The van der Waals surface area contributed by atoms with Gasteiger partial charge in [0.05, 0.1) is 0 Å². The van der Waals surface area contributed by atoms with Crippen LogP contribution in [-0.4, -0.2) is 9.97 Å². The summed E-state index contributed by atoms with van der Waals surface area (Å²) in [6.07, 6.45) is 7.37. The van der Waals surface area contributed by atoms with Gasteiger partial charge < -0.3 is 0 Å². The van der Waals surface area contributed by atoms with Crippen LogP contribution in [0, 0.1) is 6.92 Å². The van der Waals surface area contributed by atoms with Gasteiger partial charge in [0, 0.05) is 24.8 Å². The molecule has 2 aromatic heterocycles. The van der Waals surface area contributed by atoms with E-state index in [4.69, 9.17) is 0 Å². The van der Waals surface area contributed by atoms with E-state index in [1.165, 1.54) is 38.6 Å². The summed E-state index contributed by atoms with van der Waals surface area (Å²) in [6, 6.07) is 19.2. The molecule has 0 amide bonds. The van der Waals surface area contributed by atoms with Crippen LogP contribution in [0.25, 0.3) is 33.0 Å². The van der Waals surface area contributed by atoms with Crippen LogP contribution in [0.2, 0.25) is 0 Å². The van der Waals surface area contributed by atoms with E-state index in [9.17, 15) is 0 Å². The third kappa shape index (κ3) is 2.38. The van der Waals surface area contributed by atoms with Crippen molar-refractivity contribution in [2.45, 2.75) is 6.92 Å². The molecule has 0 bridgehead atoms. The average molecular weight is 296 g/mol. The Kier molecular flexibility index (Phi) is 3.35. The monoisotopic (exact) mass is 296 g/mol. The molecular formula is C21H16N2. The van der Waals surface area contributed by atoms with Crippen molar-refractivity contribution in [1.29, 1.82) is 0 Å². The van der Waals surface area contributed by atoms with E-state index in [1.54, 1.807) is 0 Å². The molecule has 0 atom stereocenters. The van der Waals surface area contributed by atoms with Gasteiger partial charge in [0.15, 0.2) is 0 Å². The minimum Gasteiger partial charge on any atom is -0.265 e. The fourth-order valence-electron chi connectivity index (χ4n) is 3.15. The zero-order chi connectivity index (χ0) is 15.6. The highest BCUT2D eigenvalue weighted by Crippen LogP contribution is 2.36. The second-order valence-electron chi connectivity index (χ2n) is 5.63. The lowest BCUT2D eigenvalue weighted by atomic mass is 9.91. The number of aryl methyl sites for hydroxylation is 1. The van der Waals surface area contributed by atoms with Gasteiger partial charge in [-0.1, -0.05) is 30.3 Å². The number of aromatic nitrogens is 2. The normalized spacial score (nSPS) is 10.8. The van der Waals surface area contributed by atoms with Crippen molar-refractivity contribution in [2.24, 2.45) is 0 Å². The third-order valence-corrected chi connectivity index (χ3v) is 4.23. The van der Waals surface area contributed by atoms with Gasteiger partial charge >= 0.3 is 0 Å². The smallest absolute Gasteiger partial charge is 0.0273 e. The maximum absolute atomic E-state index is 4.14. The number of hydrogen-bond donors (Lipinski definition) is 0. The molecule has 23 heavy (non-hydrogen) atoms. The summed E-state index contributed by atoms with van der Waals surface area (Å²) in [5, 5.41) is 2.53. The van der Waals surface area contributed by atoms with Crippen LogP contribution in [0.1, 0.15) is 5.56 Å². The lowest BCUT2D eigenvalue weighted by Crippen LogP contribution is -1.89. The highest BCUT2D eigenvalue weighted by atomic mass is 14.6. The topological polar surface area (TPSA) is 25.8 Å². The first-order valence-corrected chi connectivity index (χ1v) is 7.68. The molecule has 2 aromatic carbocycles. The molecule has 0 fully saturated rings. The van der Waals surface area contributed by atoms with Crippen molar-refractivity contribution in [3.63, 3.8) is 0 Å². The summed E-state index contributed by atoms with van der Waals surface area (Å²) >= 11 is 0. The fourth-order valence-corrected chi connectivity index (χ4v) is 3.15. The van der Waals surface area contributed by atoms with Gasteiger partial charge in [0.2, 0.25) is 0 Å². The van der Waals surface area contributed by atoms with E-state index in [0.717, 1.165) is 0 Å². The van der Waals surface area contributed by atoms with Gasteiger partial charge in [-0.15, -0.1) is 0 Å². The van der Waals surface area contributed by atoms with Crippen LogP contribution >= 0.6 is 0 Å². The average Bonchev–Trinajstić information content (AvgIpc) is 2.62. The summed E-state index contributed by atoms with van der Waals surface area (Å²) < 4.78 is 0. The van der Waals surface area contributed by atoms with E-state index < -0.39 is 0 Å². The first-order chi connectivity index (χ1) is 11.3. The molecule has 0 aliphatic carbocycles. The Balaban J connectivity index is 2.05. The first-order valence-electron chi connectivity index (χ1n) is 7.68. The molecule has 4 rings (SSSR count). The van der Waals surface area contributed by atoms with Gasteiger partial charge in [-0.25, -0.2) is 0 Å². The molecule has 0 aliphatic rings. The minimum absolute atomic E-state index is 1.19. The molecule has 110 valence electrons. The molecule has 0 saturated carbocycles. The SMILES string of the molecule is Cc1ccc2c(-c3ccncc3)cccc2c1-c1ccncc1. The van der Waals surface area contributed by atoms with E-state index in [-0.39, 0.29) is 0 Å². The zero-order valence-corrected chi connectivity index (χ0v) is 12.9. The summed E-state index contributed by atoms with van der Waals surface area (Å²) in [4.78, 5) is 8.26. The standard InChI is InChI=1S/C21H16N2/c1-15-5-6-19-18(16-7-11-22-12-8-16)3-2-4-20(19)21(15)17-9-13-23-14-10-17/h2-14H,1H3. The molecule has 0 N–H and O–H groups in total. The third-order valence-electron chi connectivity index (χ3n) is 4.23. The largest absolute Gasteiger partial charge is 0.265 e. The number of hydrogen-bond acceptors (Lipinski definition) is 2. The van der Waals surface area contributed by atoms with Crippen LogP contribution in [0.15, 0.2) is 79.4 Å². The van der Waals surface area contributed by atoms with Crippen LogP contribution < -0.4 is 0 Å². The van der Waals surface area contributed by atoms with Crippen molar-refractivity contribution in [3.05, 3.63) is 84.9 Å². The molecule has 0 unspecified atom stereocenters. The Morgan fingerprint density at radius 1 is 0.609 bits per heavy atom. The quantitative estimate of drug-likeness (QED) is 0.503. The van der Waals surface area contributed by atoms with Crippen molar-refractivity contribution in [1.82, 2.24) is 9.97 Å².